The predicted molar refractivity (Wildman–Crippen MR) is 52.2 cm³/mol. The highest BCUT2D eigenvalue weighted by Gasteiger charge is 2.34. The molecule has 1 heteroatoms. The van der Waals surface area contributed by atoms with Crippen molar-refractivity contribution in [1.82, 2.24) is 0 Å². The minimum atomic E-state index is -0.968. The Morgan fingerprint density at radius 2 is 2.00 bits per heavy atom. The number of hydrogen-bond donors (Lipinski definition) is 0. The van der Waals surface area contributed by atoms with Gasteiger partial charge in [0, 0.05) is 0 Å². The molecule has 0 heterocycles. The molecule has 0 amide bonds. The summed E-state index contributed by atoms with van der Waals surface area (Å²) in [6.07, 6.45) is 8.70. The molecule has 0 aliphatic heterocycles. The van der Waals surface area contributed by atoms with E-state index in [-0.39, 0.29) is 0 Å². The third-order valence-corrected chi connectivity index (χ3v) is 5.05. The number of hydrogen-bond acceptors (Lipinski definition) is 0. The smallest absolute Gasteiger partial charge is 0.0728 e. The predicted octanol–water partition coefficient (Wildman–Crippen LogP) is 3.00. The van der Waals surface area contributed by atoms with Crippen LogP contribution < -0.4 is 0 Å². The zero-order valence-corrected chi connectivity index (χ0v) is 8.59. The fraction of sp³-hybridized carbons (Fsp3) is 0.600. The molecule has 60 valence electrons. The molecule has 0 aromatic heterocycles. The molecule has 2 rings (SSSR count). The first-order valence-corrected chi connectivity index (χ1v) is 7.98. The summed E-state index contributed by atoms with van der Waals surface area (Å²) in [6, 6.07) is 0. The van der Waals surface area contributed by atoms with Crippen molar-refractivity contribution < 1.29 is 0 Å². The molecular formula is C10H16Si. The average molecular weight is 164 g/mol. The Hall–Kier alpha value is -0.303. The Morgan fingerprint density at radius 3 is 2.27 bits per heavy atom. The Balaban J connectivity index is 2.26. The van der Waals surface area contributed by atoms with Crippen molar-refractivity contribution in [2.45, 2.75) is 26.1 Å². The van der Waals surface area contributed by atoms with E-state index in [1.807, 2.05) is 0 Å². The van der Waals surface area contributed by atoms with Gasteiger partial charge in [-0.2, -0.15) is 0 Å². The van der Waals surface area contributed by atoms with Crippen molar-refractivity contribution in [1.29, 1.82) is 0 Å². The second-order valence-electron chi connectivity index (χ2n) is 4.76. The maximum absolute atomic E-state index is 2.52. The Bertz CT molecular complexity index is 230. The molecular weight excluding hydrogens is 148 g/mol. The zero-order chi connectivity index (χ0) is 8.06. The van der Waals surface area contributed by atoms with Crippen LogP contribution >= 0.6 is 0 Å². The van der Waals surface area contributed by atoms with Gasteiger partial charge < -0.3 is 0 Å². The SMILES string of the molecule is C[Si](C)(C)C1=CC2C=CC1C2. The first kappa shape index (κ1) is 7.35. The van der Waals surface area contributed by atoms with Crippen LogP contribution in [0.1, 0.15) is 6.42 Å². The van der Waals surface area contributed by atoms with Gasteiger partial charge in [-0.25, -0.2) is 0 Å². The molecule has 0 aromatic rings. The Labute approximate surface area is 70.0 Å². The minimum absolute atomic E-state index is 0.807. The quantitative estimate of drug-likeness (QED) is 0.413. The number of fused-ring (bicyclic) bond motifs is 2. The summed E-state index contributed by atoms with van der Waals surface area (Å²) >= 11 is 0. The van der Waals surface area contributed by atoms with Crippen LogP contribution in [0, 0.1) is 11.8 Å². The molecule has 0 spiro atoms. The lowest BCUT2D eigenvalue weighted by Crippen LogP contribution is -2.26. The van der Waals surface area contributed by atoms with Gasteiger partial charge in [0.1, 0.15) is 0 Å². The lowest BCUT2D eigenvalue weighted by atomic mass is 10.2. The highest BCUT2D eigenvalue weighted by Crippen LogP contribution is 2.42. The van der Waals surface area contributed by atoms with E-state index in [2.05, 4.69) is 37.9 Å². The van der Waals surface area contributed by atoms with Crippen molar-refractivity contribution in [3.05, 3.63) is 23.4 Å². The topological polar surface area (TPSA) is 0 Å². The number of allylic oxidation sites excluding steroid dienone is 4. The maximum atomic E-state index is 2.52. The van der Waals surface area contributed by atoms with Crippen LogP contribution in [0.2, 0.25) is 19.6 Å². The molecule has 0 radical (unpaired) electrons. The summed E-state index contributed by atoms with van der Waals surface area (Å²) in [5, 5.41) is 1.80. The standard InChI is InChI=1S/C10H16Si/c1-11(2,3)10-7-8-4-5-9(10)6-8/h4-5,7-9H,6H2,1-3H3. The molecule has 2 aliphatic rings. The van der Waals surface area contributed by atoms with Crippen molar-refractivity contribution in [2.75, 3.05) is 0 Å². The highest BCUT2D eigenvalue weighted by molar-refractivity contribution is 6.83. The van der Waals surface area contributed by atoms with Crippen molar-refractivity contribution >= 4 is 8.07 Å². The zero-order valence-electron chi connectivity index (χ0n) is 7.59. The van der Waals surface area contributed by atoms with Crippen LogP contribution in [-0.2, 0) is 0 Å². The van der Waals surface area contributed by atoms with E-state index in [0.29, 0.717) is 0 Å². The van der Waals surface area contributed by atoms with Crippen LogP contribution in [0.3, 0.4) is 0 Å². The largest absolute Gasteiger partial charge is 0.0816 e. The Morgan fingerprint density at radius 1 is 1.27 bits per heavy atom. The van der Waals surface area contributed by atoms with Gasteiger partial charge in [-0.05, 0) is 18.3 Å². The van der Waals surface area contributed by atoms with Gasteiger partial charge in [0.05, 0.1) is 8.07 Å². The first-order valence-electron chi connectivity index (χ1n) is 4.48. The fourth-order valence-electron chi connectivity index (χ4n) is 2.24. The van der Waals surface area contributed by atoms with Gasteiger partial charge in [-0.1, -0.05) is 43.1 Å². The minimum Gasteiger partial charge on any atom is -0.0816 e. The fourth-order valence-corrected chi connectivity index (χ4v) is 4.28. The van der Waals surface area contributed by atoms with E-state index in [4.69, 9.17) is 0 Å². The van der Waals surface area contributed by atoms with Gasteiger partial charge in [-0.15, -0.1) is 0 Å². The summed E-state index contributed by atoms with van der Waals surface area (Å²) in [6.45, 7) is 7.36. The summed E-state index contributed by atoms with van der Waals surface area (Å²) in [4.78, 5) is 0. The van der Waals surface area contributed by atoms with Crippen LogP contribution in [0.25, 0.3) is 0 Å². The van der Waals surface area contributed by atoms with Crippen LogP contribution in [0.4, 0.5) is 0 Å². The van der Waals surface area contributed by atoms with E-state index in [1.165, 1.54) is 6.42 Å². The molecule has 0 aromatic carbocycles. The molecule has 11 heavy (non-hydrogen) atoms. The van der Waals surface area contributed by atoms with Gasteiger partial charge >= 0.3 is 0 Å². The second-order valence-corrected chi connectivity index (χ2v) is 9.84. The van der Waals surface area contributed by atoms with Gasteiger partial charge in [0.25, 0.3) is 0 Å². The lowest BCUT2D eigenvalue weighted by Gasteiger charge is -2.23. The molecule has 2 bridgehead atoms. The maximum Gasteiger partial charge on any atom is 0.0728 e. The monoisotopic (exact) mass is 164 g/mol. The van der Waals surface area contributed by atoms with Gasteiger partial charge in [0.15, 0.2) is 0 Å². The van der Waals surface area contributed by atoms with E-state index in [1.54, 1.807) is 5.20 Å². The van der Waals surface area contributed by atoms with Crippen LogP contribution in [0.5, 0.6) is 0 Å². The summed E-state index contributed by atoms with van der Waals surface area (Å²) in [5.41, 5.74) is 0. The van der Waals surface area contributed by atoms with Crippen molar-refractivity contribution in [3.63, 3.8) is 0 Å². The van der Waals surface area contributed by atoms with E-state index < -0.39 is 8.07 Å². The van der Waals surface area contributed by atoms with Gasteiger partial charge in [0.2, 0.25) is 0 Å². The summed E-state index contributed by atoms with van der Waals surface area (Å²) in [7, 11) is -0.968. The number of rotatable bonds is 1. The van der Waals surface area contributed by atoms with Crippen LogP contribution in [-0.4, -0.2) is 8.07 Å². The molecule has 2 atom stereocenters. The van der Waals surface area contributed by atoms with Gasteiger partial charge in [-0.3, -0.25) is 0 Å². The van der Waals surface area contributed by atoms with E-state index in [0.717, 1.165) is 11.8 Å². The first-order chi connectivity index (χ1) is 5.07. The molecule has 0 N–H and O–H groups in total. The van der Waals surface area contributed by atoms with Crippen molar-refractivity contribution in [3.8, 4) is 0 Å². The second kappa shape index (κ2) is 2.10. The molecule has 2 unspecified atom stereocenters. The van der Waals surface area contributed by atoms with E-state index in [9.17, 15) is 0 Å². The normalized spacial score (nSPS) is 34.6. The molecule has 2 aliphatic carbocycles. The average Bonchev–Trinajstić information content (AvgIpc) is 2.42. The van der Waals surface area contributed by atoms with Crippen LogP contribution in [0.15, 0.2) is 23.4 Å². The van der Waals surface area contributed by atoms with Crippen molar-refractivity contribution in [2.24, 2.45) is 11.8 Å². The lowest BCUT2D eigenvalue weighted by molar-refractivity contribution is 0.724. The molecule has 0 nitrogen and oxygen atoms in total. The van der Waals surface area contributed by atoms with E-state index >= 15 is 0 Å². The molecule has 0 saturated carbocycles. The molecule has 0 fully saturated rings. The highest BCUT2D eigenvalue weighted by atomic mass is 28.3. The third-order valence-electron chi connectivity index (χ3n) is 2.78. The Kier molecular flexibility index (Phi) is 1.40. The summed E-state index contributed by atoms with van der Waals surface area (Å²) in [5.74, 6) is 1.65. The molecule has 0 saturated heterocycles. The summed E-state index contributed by atoms with van der Waals surface area (Å²) < 4.78 is 0. The third kappa shape index (κ3) is 1.12.